The summed E-state index contributed by atoms with van der Waals surface area (Å²) in [6.07, 6.45) is 1.61. The molecule has 1 aliphatic rings. The molecular weight excluding hydrogens is 524 g/mol. The normalized spacial score (nSPS) is 14.2. The van der Waals surface area contributed by atoms with Crippen LogP contribution in [0.2, 0.25) is 5.02 Å². The van der Waals surface area contributed by atoms with Crippen LogP contribution in [0.1, 0.15) is 29.2 Å². The van der Waals surface area contributed by atoms with E-state index in [4.69, 9.17) is 21.1 Å². The lowest BCUT2D eigenvalue weighted by Crippen LogP contribution is -2.36. The van der Waals surface area contributed by atoms with Crippen LogP contribution in [0.25, 0.3) is 6.08 Å². The summed E-state index contributed by atoms with van der Waals surface area (Å²) in [5.74, 6) is 0.0685. The monoisotopic (exact) mass is 550 g/mol. The summed E-state index contributed by atoms with van der Waals surface area (Å²) in [6.45, 7) is 5.94. The van der Waals surface area contributed by atoms with E-state index >= 15 is 0 Å². The Morgan fingerprint density at radius 1 is 1.00 bits per heavy atom. The number of nitrogens with zero attached hydrogens (tertiary/aromatic N) is 1. The van der Waals surface area contributed by atoms with Crippen molar-refractivity contribution >= 4 is 52.2 Å². The minimum absolute atomic E-state index is 0.224. The Balaban J connectivity index is 1.47. The third-order valence-electron chi connectivity index (χ3n) is 5.83. The number of thioether (sulfide) groups is 1. The van der Waals surface area contributed by atoms with Gasteiger partial charge in [-0.15, -0.1) is 0 Å². The van der Waals surface area contributed by atoms with Gasteiger partial charge in [-0.2, -0.15) is 0 Å². The second-order valence-corrected chi connectivity index (χ2v) is 10.0. The molecule has 196 valence electrons. The van der Waals surface area contributed by atoms with E-state index in [1.165, 1.54) is 0 Å². The van der Waals surface area contributed by atoms with Crippen LogP contribution in [0.15, 0.2) is 65.6 Å². The SMILES string of the molecule is CCOc1cc(/C=C2/SC(=O)N(CC(=O)Nc3c(C)cccc3C)C2=O)ccc1OCc1ccccc1Cl. The van der Waals surface area contributed by atoms with E-state index in [0.717, 1.165) is 33.4 Å². The standard InChI is InChI=1S/C29H27ClN2O5S/c1-4-36-24-14-20(12-13-23(24)37-17-21-10-5-6-11-22(21)30)15-25-28(34)32(29(35)38-25)16-26(33)31-27-18(2)8-7-9-19(27)3/h5-15H,4,16-17H2,1-3H3,(H,31,33)/b25-15+. The zero-order valence-electron chi connectivity index (χ0n) is 21.2. The molecule has 0 saturated carbocycles. The molecule has 0 atom stereocenters. The van der Waals surface area contributed by atoms with E-state index in [-0.39, 0.29) is 18.1 Å². The van der Waals surface area contributed by atoms with Crippen molar-refractivity contribution in [3.05, 3.63) is 92.8 Å². The molecule has 7 nitrogen and oxygen atoms in total. The third kappa shape index (κ3) is 6.38. The average molecular weight is 551 g/mol. The van der Waals surface area contributed by atoms with Crippen LogP contribution in [-0.2, 0) is 16.2 Å². The van der Waals surface area contributed by atoms with Crippen molar-refractivity contribution in [2.75, 3.05) is 18.5 Å². The van der Waals surface area contributed by atoms with Gasteiger partial charge >= 0.3 is 0 Å². The molecule has 3 aromatic rings. The maximum Gasteiger partial charge on any atom is 0.294 e. The minimum atomic E-state index is -0.520. The fourth-order valence-corrected chi connectivity index (χ4v) is 4.92. The fourth-order valence-electron chi connectivity index (χ4n) is 3.89. The summed E-state index contributed by atoms with van der Waals surface area (Å²) in [4.78, 5) is 39.4. The van der Waals surface area contributed by atoms with E-state index in [9.17, 15) is 14.4 Å². The minimum Gasteiger partial charge on any atom is -0.490 e. The number of carbonyl (C=O) groups is 3. The molecule has 1 N–H and O–H groups in total. The quantitative estimate of drug-likeness (QED) is 0.302. The van der Waals surface area contributed by atoms with Crippen LogP contribution in [0.4, 0.5) is 10.5 Å². The molecule has 1 fully saturated rings. The van der Waals surface area contributed by atoms with Gasteiger partial charge in [0, 0.05) is 16.3 Å². The highest BCUT2D eigenvalue weighted by Gasteiger charge is 2.36. The van der Waals surface area contributed by atoms with Gasteiger partial charge in [0.05, 0.1) is 11.5 Å². The van der Waals surface area contributed by atoms with Crippen LogP contribution in [0.3, 0.4) is 0 Å². The first-order valence-electron chi connectivity index (χ1n) is 12.0. The molecule has 9 heteroatoms. The molecule has 4 rings (SSSR count). The van der Waals surface area contributed by atoms with Crippen molar-refractivity contribution in [2.45, 2.75) is 27.4 Å². The summed E-state index contributed by atoms with van der Waals surface area (Å²) < 4.78 is 11.7. The first-order chi connectivity index (χ1) is 18.3. The second kappa shape index (κ2) is 12.2. The number of carbonyl (C=O) groups excluding carboxylic acids is 3. The molecule has 1 heterocycles. The van der Waals surface area contributed by atoms with E-state index in [2.05, 4.69) is 5.32 Å². The lowest BCUT2D eigenvalue weighted by molar-refractivity contribution is -0.127. The van der Waals surface area contributed by atoms with Gasteiger partial charge in [-0.25, -0.2) is 0 Å². The van der Waals surface area contributed by atoms with Gasteiger partial charge in [0.25, 0.3) is 11.1 Å². The number of para-hydroxylation sites is 1. The number of halogens is 1. The summed E-state index contributed by atoms with van der Waals surface area (Å²) in [5, 5.41) is 2.93. The molecule has 1 aliphatic heterocycles. The molecule has 0 aromatic heterocycles. The molecule has 1 saturated heterocycles. The maximum atomic E-state index is 13.0. The second-order valence-electron chi connectivity index (χ2n) is 8.60. The largest absolute Gasteiger partial charge is 0.490 e. The zero-order valence-corrected chi connectivity index (χ0v) is 22.8. The third-order valence-corrected chi connectivity index (χ3v) is 7.10. The number of ether oxygens (including phenoxy) is 2. The Morgan fingerprint density at radius 3 is 2.45 bits per heavy atom. The molecule has 0 bridgehead atoms. The van der Waals surface area contributed by atoms with E-state index in [1.54, 1.807) is 30.3 Å². The van der Waals surface area contributed by atoms with E-state index in [1.807, 2.05) is 57.2 Å². The number of hydrogen-bond acceptors (Lipinski definition) is 6. The van der Waals surface area contributed by atoms with E-state index < -0.39 is 17.1 Å². The van der Waals surface area contributed by atoms with Crippen molar-refractivity contribution < 1.29 is 23.9 Å². The first-order valence-corrected chi connectivity index (χ1v) is 13.2. The summed E-state index contributed by atoms with van der Waals surface area (Å²) >= 11 is 7.02. The van der Waals surface area contributed by atoms with Gasteiger partial charge in [-0.05, 0) is 73.5 Å². The van der Waals surface area contributed by atoms with Crippen LogP contribution in [0.5, 0.6) is 11.5 Å². The van der Waals surface area contributed by atoms with Crippen molar-refractivity contribution in [2.24, 2.45) is 0 Å². The Bertz CT molecular complexity index is 1400. The summed E-state index contributed by atoms with van der Waals surface area (Å²) in [5.41, 5.74) is 3.98. The van der Waals surface area contributed by atoms with Gasteiger partial charge in [0.1, 0.15) is 13.2 Å². The van der Waals surface area contributed by atoms with Crippen LogP contribution < -0.4 is 14.8 Å². The average Bonchev–Trinajstić information content (AvgIpc) is 3.14. The fraction of sp³-hybridized carbons (Fsp3) is 0.207. The van der Waals surface area contributed by atoms with Gasteiger partial charge in [-0.3, -0.25) is 19.3 Å². The lowest BCUT2D eigenvalue weighted by Gasteiger charge is -2.15. The van der Waals surface area contributed by atoms with Crippen molar-refractivity contribution in [1.82, 2.24) is 4.90 Å². The predicted molar refractivity (Wildman–Crippen MR) is 151 cm³/mol. The molecular formula is C29H27ClN2O5S. The Kier molecular flexibility index (Phi) is 8.76. The van der Waals surface area contributed by atoms with Crippen molar-refractivity contribution in [1.29, 1.82) is 0 Å². The van der Waals surface area contributed by atoms with Crippen LogP contribution in [-0.4, -0.2) is 35.1 Å². The Morgan fingerprint density at radius 2 is 1.74 bits per heavy atom. The predicted octanol–water partition coefficient (Wildman–Crippen LogP) is 6.61. The summed E-state index contributed by atoms with van der Waals surface area (Å²) in [7, 11) is 0. The molecule has 3 aromatic carbocycles. The Hall–Kier alpha value is -3.75. The molecule has 0 radical (unpaired) electrons. The lowest BCUT2D eigenvalue weighted by atomic mass is 10.1. The van der Waals surface area contributed by atoms with Crippen molar-refractivity contribution in [3.8, 4) is 11.5 Å². The highest BCUT2D eigenvalue weighted by molar-refractivity contribution is 8.18. The smallest absolute Gasteiger partial charge is 0.294 e. The number of anilines is 1. The highest BCUT2D eigenvalue weighted by Crippen LogP contribution is 2.35. The molecule has 0 aliphatic carbocycles. The Labute approximate surface area is 230 Å². The highest BCUT2D eigenvalue weighted by atomic mass is 35.5. The van der Waals surface area contributed by atoms with Gasteiger partial charge in [0.2, 0.25) is 5.91 Å². The van der Waals surface area contributed by atoms with Gasteiger partial charge < -0.3 is 14.8 Å². The molecule has 3 amide bonds. The molecule has 0 spiro atoms. The van der Waals surface area contributed by atoms with Crippen LogP contribution in [0, 0.1) is 13.8 Å². The summed E-state index contributed by atoms with van der Waals surface area (Å²) in [6, 6.07) is 18.3. The van der Waals surface area contributed by atoms with Gasteiger partial charge in [-0.1, -0.05) is 54.1 Å². The van der Waals surface area contributed by atoms with Crippen LogP contribution >= 0.6 is 23.4 Å². The zero-order chi connectivity index (χ0) is 27.2. The number of benzene rings is 3. The number of amides is 3. The number of nitrogens with one attached hydrogen (secondary N) is 1. The van der Waals surface area contributed by atoms with Crippen molar-refractivity contribution in [3.63, 3.8) is 0 Å². The first kappa shape index (κ1) is 27.3. The number of rotatable bonds is 9. The molecule has 38 heavy (non-hydrogen) atoms. The van der Waals surface area contributed by atoms with E-state index in [0.29, 0.717) is 34.4 Å². The number of aryl methyl sites for hydroxylation is 2. The number of hydrogen-bond donors (Lipinski definition) is 1. The number of imide groups is 1. The topological polar surface area (TPSA) is 84.9 Å². The van der Waals surface area contributed by atoms with Gasteiger partial charge in [0.15, 0.2) is 11.5 Å². The maximum absolute atomic E-state index is 13.0. The molecule has 0 unspecified atom stereocenters.